The van der Waals surface area contributed by atoms with Crippen LogP contribution in [0.15, 0.2) is 179 Å². The van der Waals surface area contributed by atoms with Gasteiger partial charge in [-0.2, -0.15) is 0 Å². The van der Waals surface area contributed by atoms with Crippen molar-refractivity contribution in [1.82, 2.24) is 4.98 Å². The van der Waals surface area contributed by atoms with E-state index in [1.807, 2.05) is 43.3 Å². The molecule has 8 aromatic carbocycles. The molecule has 0 fully saturated rings. The predicted octanol–water partition coefficient (Wildman–Crippen LogP) is 12.0. The first kappa shape index (κ1) is 29.5. The Bertz CT molecular complexity index is 2840. The Kier molecular flexibility index (Phi) is 7.14. The molecule has 0 unspecified atom stereocenters. The molecule has 0 aliphatic heterocycles. The topological polar surface area (TPSA) is 50.8 Å². The highest BCUT2D eigenvalue weighted by Gasteiger charge is 2.15. The summed E-state index contributed by atoms with van der Waals surface area (Å²) in [6, 6.07) is 54.3. The number of aliphatic imine (C=N–C) groups is 2. The van der Waals surface area contributed by atoms with E-state index in [2.05, 4.69) is 128 Å². The van der Waals surface area contributed by atoms with Crippen LogP contribution in [0.3, 0.4) is 0 Å². The number of fused-ring (bicyclic) bond motifs is 7. The van der Waals surface area contributed by atoms with Gasteiger partial charge < -0.3 is 4.42 Å². The third kappa shape index (κ3) is 5.33. The first-order valence-corrected chi connectivity index (χ1v) is 16.7. The van der Waals surface area contributed by atoms with Crippen molar-refractivity contribution in [2.24, 2.45) is 9.98 Å². The van der Waals surface area contributed by atoms with Gasteiger partial charge in [-0.25, -0.2) is 15.0 Å². The molecule has 0 aliphatic carbocycles. The standard InChI is InChI=1S/C46H31N3O/c1-29(35-19-16-31-10-6-8-14-37(31)26-35)47-45(48-30(2)36-20-17-32-11-7-9-15-38(32)27-36)40-22-24-41-39(28-40)21-18-33-23-25-42-44(43(33)41)49-46(50-42)34-12-4-3-5-13-34/h3-28H,1H2,2H3/b47-45-,48-30+. The van der Waals surface area contributed by atoms with E-state index in [0.29, 0.717) is 17.4 Å². The zero-order valence-electron chi connectivity index (χ0n) is 27.5. The second-order valence-electron chi connectivity index (χ2n) is 12.6. The van der Waals surface area contributed by atoms with Gasteiger partial charge >= 0.3 is 0 Å². The molecule has 1 aromatic heterocycles. The molecule has 0 aliphatic rings. The van der Waals surface area contributed by atoms with Gasteiger partial charge in [0.1, 0.15) is 5.52 Å². The molecule has 236 valence electrons. The lowest BCUT2D eigenvalue weighted by Crippen LogP contribution is -2.04. The molecule has 0 amide bonds. The van der Waals surface area contributed by atoms with Crippen LogP contribution in [0.2, 0.25) is 0 Å². The Morgan fingerprint density at radius 1 is 0.540 bits per heavy atom. The van der Waals surface area contributed by atoms with Crippen molar-refractivity contribution in [3.8, 4) is 11.5 Å². The van der Waals surface area contributed by atoms with E-state index in [4.69, 9.17) is 19.4 Å². The van der Waals surface area contributed by atoms with Crippen LogP contribution >= 0.6 is 0 Å². The molecule has 0 bridgehead atoms. The van der Waals surface area contributed by atoms with Gasteiger partial charge in [0.15, 0.2) is 11.4 Å². The van der Waals surface area contributed by atoms with Crippen LogP contribution < -0.4 is 0 Å². The molecule has 50 heavy (non-hydrogen) atoms. The lowest BCUT2D eigenvalue weighted by Gasteiger charge is -2.10. The summed E-state index contributed by atoms with van der Waals surface area (Å²) in [5, 5.41) is 9.01. The number of benzene rings is 8. The van der Waals surface area contributed by atoms with E-state index in [9.17, 15) is 0 Å². The van der Waals surface area contributed by atoms with E-state index in [-0.39, 0.29) is 0 Å². The van der Waals surface area contributed by atoms with E-state index < -0.39 is 0 Å². The molecule has 9 aromatic rings. The summed E-state index contributed by atoms with van der Waals surface area (Å²) >= 11 is 0. The van der Waals surface area contributed by atoms with Crippen molar-refractivity contribution in [3.05, 3.63) is 181 Å². The van der Waals surface area contributed by atoms with Crippen molar-refractivity contribution < 1.29 is 4.42 Å². The quantitative estimate of drug-likeness (QED) is 0.107. The minimum absolute atomic E-state index is 0.599. The fraction of sp³-hybridized carbons (Fsp3) is 0.0217. The molecular weight excluding hydrogens is 611 g/mol. The minimum Gasteiger partial charge on any atom is -0.436 e. The fourth-order valence-corrected chi connectivity index (χ4v) is 6.74. The summed E-state index contributed by atoms with van der Waals surface area (Å²) in [5.74, 6) is 1.21. The molecule has 4 heteroatoms. The van der Waals surface area contributed by atoms with Gasteiger partial charge in [-0.3, -0.25) is 0 Å². The Balaban J connectivity index is 1.19. The van der Waals surface area contributed by atoms with Crippen LogP contribution in [0.4, 0.5) is 0 Å². The Morgan fingerprint density at radius 3 is 1.88 bits per heavy atom. The Morgan fingerprint density at radius 2 is 1.12 bits per heavy atom. The van der Waals surface area contributed by atoms with Crippen molar-refractivity contribution in [2.45, 2.75) is 6.92 Å². The molecule has 0 spiro atoms. The van der Waals surface area contributed by atoms with Crippen LogP contribution in [-0.2, 0) is 0 Å². The number of nitrogens with zero attached hydrogens (tertiary/aromatic N) is 3. The molecule has 0 N–H and O–H groups in total. The Hall–Kier alpha value is -6.65. The van der Waals surface area contributed by atoms with Gasteiger partial charge in [-0.15, -0.1) is 0 Å². The van der Waals surface area contributed by atoms with Crippen molar-refractivity contribution >= 4 is 71.4 Å². The smallest absolute Gasteiger partial charge is 0.227 e. The maximum absolute atomic E-state index is 6.24. The van der Waals surface area contributed by atoms with E-state index >= 15 is 0 Å². The van der Waals surface area contributed by atoms with Crippen molar-refractivity contribution in [3.63, 3.8) is 0 Å². The van der Waals surface area contributed by atoms with Gasteiger partial charge in [-0.05, 0) is 86.6 Å². The Labute approximate surface area is 289 Å². The fourth-order valence-electron chi connectivity index (χ4n) is 6.74. The summed E-state index contributed by atoms with van der Waals surface area (Å²) < 4.78 is 6.24. The molecule has 9 rings (SSSR count). The first-order chi connectivity index (χ1) is 24.6. The molecule has 0 saturated carbocycles. The number of rotatable bonds is 5. The van der Waals surface area contributed by atoms with Gasteiger partial charge in [0.05, 0.1) is 5.70 Å². The monoisotopic (exact) mass is 641 g/mol. The van der Waals surface area contributed by atoms with E-state index in [1.165, 1.54) is 16.2 Å². The highest BCUT2D eigenvalue weighted by Crippen LogP contribution is 2.35. The van der Waals surface area contributed by atoms with Crippen LogP contribution in [0.5, 0.6) is 0 Å². The van der Waals surface area contributed by atoms with E-state index in [0.717, 1.165) is 66.0 Å². The highest BCUT2D eigenvalue weighted by molar-refractivity contribution is 6.20. The molecule has 0 radical (unpaired) electrons. The van der Waals surface area contributed by atoms with Gasteiger partial charge in [0.2, 0.25) is 5.89 Å². The average Bonchev–Trinajstić information content (AvgIpc) is 3.62. The lowest BCUT2D eigenvalue weighted by atomic mass is 9.98. The average molecular weight is 642 g/mol. The van der Waals surface area contributed by atoms with Gasteiger partial charge in [0, 0.05) is 27.8 Å². The third-order valence-corrected chi connectivity index (χ3v) is 9.40. The second-order valence-corrected chi connectivity index (χ2v) is 12.6. The van der Waals surface area contributed by atoms with Crippen LogP contribution in [0, 0.1) is 0 Å². The zero-order chi connectivity index (χ0) is 33.6. The van der Waals surface area contributed by atoms with Crippen molar-refractivity contribution in [1.29, 1.82) is 0 Å². The van der Waals surface area contributed by atoms with Crippen LogP contribution in [0.25, 0.3) is 71.3 Å². The SMILES string of the molecule is C=C(/N=C(\N=C(/C)c1ccc2ccccc2c1)c1ccc2c(ccc3ccc4oc(-c5ccccc5)nc4c32)c1)c1ccc2ccccc2c1. The molecule has 4 nitrogen and oxygen atoms in total. The molecule has 0 atom stereocenters. The summed E-state index contributed by atoms with van der Waals surface area (Å²) in [7, 11) is 0. The first-order valence-electron chi connectivity index (χ1n) is 16.7. The summed E-state index contributed by atoms with van der Waals surface area (Å²) in [4.78, 5) is 15.3. The van der Waals surface area contributed by atoms with Crippen molar-refractivity contribution in [2.75, 3.05) is 0 Å². The summed E-state index contributed by atoms with van der Waals surface area (Å²) in [6.45, 7) is 6.45. The molecule has 1 heterocycles. The van der Waals surface area contributed by atoms with E-state index in [1.54, 1.807) is 0 Å². The number of hydrogen-bond acceptors (Lipinski definition) is 3. The number of amidine groups is 1. The highest BCUT2D eigenvalue weighted by atomic mass is 16.3. The normalized spacial score (nSPS) is 12.4. The second kappa shape index (κ2) is 12.1. The molecule has 0 saturated heterocycles. The minimum atomic E-state index is 0.599. The zero-order valence-corrected chi connectivity index (χ0v) is 27.5. The summed E-state index contributed by atoms with van der Waals surface area (Å²) in [5.41, 5.74) is 6.98. The molecular formula is C46H31N3O. The maximum Gasteiger partial charge on any atom is 0.227 e. The van der Waals surface area contributed by atoms with Gasteiger partial charge in [0.25, 0.3) is 0 Å². The van der Waals surface area contributed by atoms with Crippen LogP contribution in [-0.4, -0.2) is 16.5 Å². The lowest BCUT2D eigenvalue weighted by molar-refractivity contribution is 0.620. The third-order valence-electron chi connectivity index (χ3n) is 9.40. The number of aromatic nitrogens is 1. The predicted molar refractivity (Wildman–Crippen MR) is 210 cm³/mol. The largest absolute Gasteiger partial charge is 0.436 e. The van der Waals surface area contributed by atoms with Crippen LogP contribution in [0.1, 0.15) is 23.6 Å². The maximum atomic E-state index is 6.24. The van der Waals surface area contributed by atoms with Gasteiger partial charge in [-0.1, -0.05) is 128 Å². The number of hydrogen-bond donors (Lipinski definition) is 0. The number of oxazole rings is 1. The summed E-state index contributed by atoms with van der Waals surface area (Å²) in [6.07, 6.45) is 0.